The summed E-state index contributed by atoms with van der Waals surface area (Å²) in [6.45, 7) is 9.10. The Kier molecular flexibility index (Phi) is 16.0. The molecule has 4 aromatic carbocycles. The Balaban J connectivity index is 0.000000134. The normalized spacial score (nSPS) is 16.7. The number of aromatic nitrogens is 7. The van der Waals surface area contributed by atoms with Crippen LogP contribution in [-0.4, -0.2) is 145 Å². The summed E-state index contributed by atoms with van der Waals surface area (Å²) >= 11 is 0. The molecule has 0 aliphatic carbocycles. The Labute approximate surface area is 498 Å². The molecule has 452 valence electrons. The summed E-state index contributed by atoms with van der Waals surface area (Å²) in [5.74, 6) is -0.384. The van der Waals surface area contributed by atoms with E-state index in [-0.39, 0.29) is 26.5 Å². The van der Waals surface area contributed by atoms with E-state index < -0.39 is 41.8 Å². The molecule has 5 aromatic heterocycles. The first-order valence-corrected chi connectivity index (χ1v) is 32.4. The molecule has 9 heterocycles. The molecule has 0 saturated carbocycles. The van der Waals surface area contributed by atoms with Crippen molar-refractivity contribution in [2.75, 3.05) is 78.9 Å². The summed E-state index contributed by atoms with van der Waals surface area (Å²) in [6.07, 6.45) is 12.7. The van der Waals surface area contributed by atoms with Gasteiger partial charge in [0.1, 0.15) is 15.6 Å². The molecule has 0 saturated heterocycles. The van der Waals surface area contributed by atoms with Crippen LogP contribution in [0.15, 0.2) is 143 Å². The van der Waals surface area contributed by atoms with E-state index in [1.54, 1.807) is 40.2 Å². The summed E-state index contributed by atoms with van der Waals surface area (Å²) < 4.78 is 141. The number of nitrogens with zero attached hydrogens (tertiary/aromatic N) is 11. The van der Waals surface area contributed by atoms with E-state index >= 15 is 0 Å². The molecule has 0 fully saturated rings. The molecule has 0 spiro atoms. The molecule has 0 amide bonds. The molecule has 0 N–H and O–H groups in total. The average molecular weight is 1230 g/mol. The first-order valence-electron chi connectivity index (χ1n) is 28.1. The van der Waals surface area contributed by atoms with E-state index in [0.29, 0.717) is 45.7 Å². The third-order valence-electron chi connectivity index (χ3n) is 16.5. The van der Waals surface area contributed by atoms with Crippen molar-refractivity contribution in [3.05, 3.63) is 173 Å². The van der Waals surface area contributed by atoms with Crippen molar-refractivity contribution in [3.8, 4) is 0 Å². The second kappa shape index (κ2) is 22.9. The van der Waals surface area contributed by atoms with Gasteiger partial charge in [-0.2, -0.15) is 23.4 Å². The number of fused-ring (bicyclic) bond motifs is 4. The van der Waals surface area contributed by atoms with Crippen molar-refractivity contribution in [2.24, 2.45) is 14.1 Å². The second-order valence-corrected chi connectivity index (χ2v) is 28.0. The zero-order valence-electron chi connectivity index (χ0n) is 49.0. The topological polar surface area (TPSA) is 166 Å². The summed E-state index contributed by atoms with van der Waals surface area (Å²) in [7, 11) is -0.122. The molecule has 24 heteroatoms. The monoisotopic (exact) mass is 1230 g/mol. The van der Waals surface area contributed by atoms with E-state index in [4.69, 9.17) is 0 Å². The lowest BCUT2D eigenvalue weighted by molar-refractivity contribution is -0.137. The van der Waals surface area contributed by atoms with Crippen LogP contribution in [0, 0.1) is 19.7 Å². The van der Waals surface area contributed by atoms with Crippen LogP contribution in [0.1, 0.15) is 58.5 Å². The number of likely N-dealkylation sites (N-methyl/N-ethyl adjacent to an activating group) is 4. The first-order chi connectivity index (χ1) is 40.7. The minimum absolute atomic E-state index is 0.0192. The van der Waals surface area contributed by atoms with Crippen molar-refractivity contribution in [2.45, 2.75) is 60.4 Å². The predicted octanol–water partition coefficient (Wildman–Crippen LogP) is 10.0. The zero-order chi connectivity index (χ0) is 61.4. The summed E-state index contributed by atoms with van der Waals surface area (Å²) in [5.41, 5.74) is 9.00. The minimum atomic E-state index is -4.52. The maximum absolute atomic E-state index is 13.9. The third kappa shape index (κ3) is 11.4. The van der Waals surface area contributed by atoms with Gasteiger partial charge in [0.15, 0.2) is 0 Å². The van der Waals surface area contributed by atoms with Gasteiger partial charge >= 0.3 is 6.18 Å². The third-order valence-corrected chi connectivity index (χ3v) is 21.8. The van der Waals surface area contributed by atoms with E-state index in [2.05, 4.69) is 49.0 Å². The molecule has 4 aliphatic heterocycles. The van der Waals surface area contributed by atoms with Gasteiger partial charge in [0.05, 0.1) is 38.4 Å². The van der Waals surface area contributed by atoms with E-state index in [0.717, 1.165) is 119 Å². The SMILES string of the molecule is CN1CC=C(c2cn(S(=O)(=O)c3ccc4c(c3)CCN4C)c3ccccc23)CC1.Cc1nn(C)cc1S(=O)(=O)n1cc(C2=CCN(C)CC2)c2cc(C(F)(F)F)ccc21.Cc1nn(C)cc1S(=O)(=O)n1cc(C2=CCN(C)CC2)c2cc(F)ccc21. The lowest BCUT2D eigenvalue weighted by Crippen LogP contribution is -2.23. The van der Waals surface area contributed by atoms with Crippen molar-refractivity contribution in [3.63, 3.8) is 0 Å². The van der Waals surface area contributed by atoms with Crippen LogP contribution in [0.4, 0.5) is 23.2 Å². The molecule has 9 aromatic rings. The Bertz CT molecular complexity index is 4610. The smallest absolute Gasteiger partial charge is 0.374 e. The van der Waals surface area contributed by atoms with Crippen LogP contribution in [0.3, 0.4) is 0 Å². The maximum Gasteiger partial charge on any atom is 0.416 e. The Morgan fingerprint density at radius 1 is 0.477 bits per heavy atom. The van der Waals surface area contributed by atoms with Crippen molar-refractivity contribution < 1.29 is 42.8 Å². The molecule has 0 unspecified atom stereocenters. The van der Waals surface area contributed by atoms with Gasteiger partial charge < -0.3 is 19.6 Å². The molecular weight excluding hydrogens is 1170 g/mol. The highest BCUT2D eigenvalue weighted by molar-refractivity contribution is 7.90. The van der Waals surface area contributed by atoms with Crippen molar-refractivity contribution in [1.29, 1.82) is 0 Å². The van der Waals surface area contributed by atoms with Gasteiger partial charge in [-0.05, 0) is 144 Å². The number of aryl methyl sites for hydroxylation is 4. The molecule has 4 aliphatic rings. The van der Waals surface area contributed by atoms with Gasteiger partial charge in [-0.25, -0.2) is 41.6 Å². The largest absolute Gasteiger partial charge is 0.416 e. The number of hydrogen-bond acceptors (Lipinski definition) is 12. The lowest BCUT2D eigenvalue weighted by Gasteiger charge is -2.21. The van der Waals surface area contributed by atoms with Gasteiger partial charge in [0.25, 0.3) is 30.1 Å². The Morgan fingerprint density at radius 3 is 1.40 bits per heavy atom. The fourth-order valence-corrected chi connectivity index (χ4v) is 16.4. The quantitative estimate of drug-likeness (QED) is 0.126. The van der Waals surface area contributed by atoms with Gasteiger partial charge in [0, 0.05) is 136 Å². The van der Waals surface area contributed by atoms with Crippen LogP contribution >= 0.6 is 0 Å². The standard InChI is InChI=1S/C23H25N3O2S.C20H21F3N4O2S.C19H21FN4O2S/c1-24-12-9-17(10-13-24)21-16-26(23-6-4-3-5-20(21)23)29(27,28)19-7-8-22-18(15-19)11-14-25(22)2;1-13-19(12-26(3)24-13)30(28,29)27-11-17(14-6-8-25(2)9-7-14)16-10-15(20(21,22)23)4-5-18(16)27;1-13-19(12-23(3)21-13)27(25,26)24-11-17(14-6-8-22(2)9-7-14)16-10-15(20)4-5-18(16)24/h3-9,15-16H,10-14H2,1-2H3;4-6,10-12H,7-9H2,1-3H3;4-6,10-12H,7-9H2,1-3H3. The van der Waals surface area contributed by atoms with Crippen LogP contribution in [0.5, 0.6) is 0 Å². The fraction of sp³-hybridized carbons (Fsp3) is 0.323. The average Bonchev–Trinajstić information content (AvgIpc) is 1.78. The molecule has 0 radical (unpaired) electrons. The van der Waals surface area contributed by atoms with Crippen LogP contribution in [-0.2, 0) is 56.8 Å². The summed E-state index contributed by atoms with van der Waals surface area (Å²) in [6, 6.07) is 20.7. The number of alkyl halides is 3. The number of halogens is 4. The number of anilines is 1. The highest BCUT2D eigenvalue weighted by atomic mass is 32.2. The van der Waals surface area contributed by atoms with Gasteiger partial charge in [-0.15, -0.1) is 0 Å². The van der Waals surface area contributed by atoms with Crippen LogP contribution in [0.25, 0.3) is 49.4 Å². The molecule has 86 heavy (non-hydrogen) atoms. The second-order valence-electron chi connectivity index (χ2n) is 22.6. The molecule has 13 rings (SSSR count). The highest BCUT2D eigenvalue weighted by Gasteiger charge is 2.34. The number of hydrogen-bond donors (Lipinski definition) is 0. The van der Waals surface area contributed by atoms with E-state index in [1.165, 1.54) is 65.7 Å². The number of para-hydroxylation sites is 1. The van der Waals surface area contributed by atoms with Gasteiger partial charge in [-0.1, -0.05) is 36.4 Å². The molecule has 0 atom stereocenters. The lowest BCUT2D eigenvalue weighted by atomic mass is 9.98. The van der Waals surface area contributed by atoms with Crippen molar-refractivity contribution >= 4 is 85.2 Å². The zero-order valence-corrected chi connectivity index (χ0v) is 51.5. The molecule has 17 nitrogen and oxygen atoms in total. The van der Waals surface area contributed by atoms with Crippen LogP contribution in [0.2, 0.25) is 0 Å². The van der Waals surface area contributed by atoms with Gasteiger partial charge in [0.2, 0.25) is 0 Å². The summed E-state index contributed by atoms with van der Waals surface area (Å²) in [5, 5.41) is 10.1. The molecule has 0 bridgehead atoms. The number of benzene rings is 4. The van der Waals surface area contributed by atoms with E-state index in [9.17, 15) is 42.8 Å². The Morgan fingerprint density at radius 2 is 0.930 bits per heavy atom. The van der Waals surface area contributed by atoms with Gasteiger partial charge in [-0.3, -0.25) is 9.36 Å². The Hall–Kier alpha value is -7.61. The number of rotatable bonds is 9. The predicted molar refractivity (Wildman–Crippen MR) is 328 cm³/mol. The highest BCUT2D eigenvalue weighted by Crippen LogP contribution is 2.40. The molecular formula is C62H67F4N11O6S3. The summed E-state index contributed by atoms with van der Waals surface area (Å²) in [4.78, 5) is 9.22. The van der Waals surface area contributed by atoms with Crippen molar-refractivity contribution in [1.82, 2.24) is 46.2 Å². The minimum Gasteiger partial charge on any atom is -0.374 e. The fourth-order valence-electron chi connectivity index (χ4n) is 11.8. The van der Waals surface area contributed by atoms with E-state index in [1.807, 2.05) is 69.8 Å². The first kappa shape index (κ1) is 60.1. The maximum atomic E-state index is 13.9. The van der Waals surface area contributed by atoms with Crippen LogP contribution < -0.4 is 4.90 Å².